The van der Waals surface area contributed by atoms with Crippen molar-refractivity contribution in [2.24, 2.45) is 5.92 Å². The Morgan fingerprint density at radius 1 is 1.35 bits per heavy atom. The van der Waals surface area contributed by atoms with E-state index in [1.54, 1.807) is 7.11 Å². The summed E-state index contributed by atoms with van der Waals surface area (Å²) in [4.78, 5) is 14.8. The first-order chi connectivity index (χ1) is 9.45. The van der Waals surface area contributed by atoms with Crippen LogP contribution in [0.4, 0.5) is 0 Å². The van der Waals surface area contributed by atoms with Gasteiger partial charge in [-0.3, -0.25) is 4.79 Å². The van der Waals surface area contributed by atoms with Crippen LogP contribution < -0.4 is 0 Å². The molecule has 0 aromatic heterocycles. The second-order valence-electron chi connectivity index (χ2n) is 6.21. The molecule has 0 N–H and O–H groups in total. The lowest BCUT2D eigenvalue weighted by Crippen LogP contribution is -2.50. The number of rotatable bonds is 6. The Hall–Kier alpha value is -1.35. The van der Waals surface area contributed by atoms with Gasteiger partial charge in [-0.25, -0.2) is 0 Å². The van der Waals surface area contributed by atoms with Crippen molar-refractivity contribution in [1.82, 2.24) is 4.90 Å². The Morgan fingerprint density at radius 3 is 2.45 bits per heavy atom. The van der Waals surface area contributed by atoms with E-state index in [-0.39, 0.29) is 11.9 Å². The van der Waals surface area contributed by atoms with E-state index in [9.17, 15) is 4.79 Å². The van der Waals surface area contributed by atoms with Crippen molar-refractivity contribution in [3.05, 3.63) is 35.9 Å². The molecule has 0 radical (unpaired) electrons. The Kier molecular flexibility index (Phi) is 4.48. The average molecular weight is 275 g/mol. The molecule has 0 bridgehead atoms. The Bertz CT molecular complexity index is 451. The average Bonchev–Trinajstić information content (AvgIpc) is 3.29. The van der Waals surface area contributed by atoms with Crippen LogP contribution in [0.25, 0.3) is 0 Å². The van der Waals surface area contributed by atoms with Crippen molar-refractivity contribution < 1.29 is 9.53 Å². The highest BCUT2D eigenvalue weighted by atomic mass is 16.5. The van der Waals surface area contributed by atoms with Gasteiger partial charge < -0.3 is 9.64 Å². The van der Waals surface area contributed by atoms with E-state index < -0.39 is 5.60 Å². The van der Waals surface area contributed by atoms with Gasteiger partial charge >= 0.3 is 0 Å². The molecular formula is C17H25NO2. The lowest BCUT2D eigenvalue weighted by Gasteiger charge is -2.35. The lowest BCUT2D eigenvalue weighted by atomic mass is 10.0. The molecule has 20 heavy (non-hydrogen) atoms. The van der Waals surface area contributed by atoms with E-state index in [0.717, 1.165) is 0 Å². The Labute approximate surface area is 121 Å². The van der Waals surface area contributed by atoms with Gasteiger partial charge in [0.25, 0.3) is 5.91 Å². The van der Waals surface area contributed by atoms with Gasteiger partial charge in [0.05, 0.1) is 0 Å². The van der Waals surface area contributed by atoms with Crippen LogP contribution in [0, 0.1) is 5.92 Å². The van der Waals surface area contributed by atoms with Crippen LogP contribution in [0.2, 0.25) is 0 Å². The van der Waals surface area contributed by atoms with Crippen LogP contribution in [-0.2, 0) is 16.1 Å². The van der Waals surface area contributed by atoms with Crippen LogP contribution in [0.5, 0.6) is 0 Å². The number of carbonyl (C=O) groups is 1. The second-order valence-corrected chi connectivity index (χ2v) is 6.21. The van der Waals surface area contributed by atoms with Crippen molar-refractivity contribution in [3.63, 3.8) is 0 Å². The molecule has 0 spiro atoms. The summed E-state index contributed by atoms with van der Waals surface area (Å²) in [6.45, 7) is 6.49. The summed E-state index contributed by atoms with van der Waals surface area (Å²) < 4.78 is 5.38. The topological polar surface area (TPSA) is 29.5 Å². The van der Waals surface area contributed by atoms with Gasteiger partial charge in [-0.15, -0.1) is 0 Å². The van der Waals surface area contributed by atoms with E-state index in [1.807, 2.05) is 36.9 Å². The fourth-order valence-corrected chi connectivity index (χ4v) is 2.45. The van der Waals surface area contributed by atoms with Gasteiger partial charge in [0.2, 0.25) is 0 Å². The maximum absolute atomic E-state index is 12.8. The molecule has 3 heteroatoms. The van der Waals surface area contributed by atoms with Crippen molar-refractivity contribution in [2.45, 2.75) is 51.8 Å². The molecule has 1 aliphatic rings. The predicted octanol–water partition coefficient (Wildman–Crippen LogP) is 3.24. The van der Waals surface area contributed by atoms with Crippen LogP contribution in [0.1, 0.15) is 39.2 Å². The number of carbonyl (C=O) groups excluding carboxylic acids is 1. The molecule has 1 saturated carbocycles. The molecule has 1 aliphatic carbocycles. The zero-order valence-electron chi connectivity index (χ0n) is 12.9. The fraction of sp³-hybridized carbons (Fsp3) is 0.588. The third kappa shape index (κ3) is 3.40. The number of methoxy groups -OCH3 is 1. The van der Waals surface area contributed by atoms with Gasteiger partial charge in [-0.2, -0.15) is 0 Å². The summed E-state index contributed by atoms with van der Waals surface area (Å²) in [6, 6.07) is 10.4. The number of hydrogen-bond donors (Lipinski definition) is 0. The first kappa shape index (κ1) is 15.0. The lowest BCUT2D eigenvalue weighted by molar-refractivity contribution is -0.154. The third-order valence-electron chi connectivity index (χ3n) is 4.28. The van der Waals surface area contributed by atoms with Crippen molar-refractivity contribution in [1.29, 1.82) is 0 Å². The van der Waals surface area contributed by atoms with Crippen LogP contribution in [-0.4, -0.2) is 29.6 Å². The highest BCUT2D eigenvalue weighted by molar-refractivity contribution is 5.84. The molecule has 3 nitrogen and oxygen atoms in total. The van der Waals surface area contributed by atoms with Crippen LogP contribution >= 0.6 is 0 Å². The van der Waals surface area contributed by atoms with E-state index in [0.29, 0.717) is 12.5 Å². The molecule has 110 valence electrons. The van der Waals surface area contributed by atoms with Gasteiger partial charge in [-0.05, 0) is 45.1 Å². The van der Waals surface area contributed by atoms with Gasteiger partial charge in [0.15, 0.2) is 0 Å². The number of nitrogens with zero attached hydrogens (tertiary/aromatic N) is 1. The maximum atomic E-state index is 12.8. The molecule has 0 heterocycles. The third-order valence-corrected chi connectivity index (χ3v) is 4.28. The van der Waals surface area contributed by atoms with E-state index >= 15 is 0 Å². The van der Waals surface area contributed by atoms with Gasteiger partial charge in [-0.1, -0.05) is 30.3 Å². The monoisotopic (exact) mass is 275 g/mol. The smallest absolute Gasteiger partial charge is 0.254 e. The molecule has 1 fully saturated rings. The predicted molar refractivity (Wildman–Crippen MR) is 80.3 cm³/mol. The Morgan fingerprint density at radius 2 is 1.95 bits per heavy atom. The minimum atomic E-state index is -0.766. The fourth-order valence-electron chi connectivity index (χ4n) is 2.45. The summed E-state index contributed by atoms with van der Waals surface area (Å²) in [7, 11) is 1.60. The number of ether oxygens (including phenoxy) is 1. The van der Waals surface area contributed by atoms with E-state index in [4.69, 9.17) is 4.74 Å². The molecular weight excluding hydrogens is 250 g/mol. The summed E-state index contributed by atoms with van der Waals surface area (Å²) in [5, 5.41) is 0. The molecule has 0 saturated heterocycles. The maximum Gasteiger partial charge on any atom is 0.254 e. The highest BCUT2D eigenvalue weighted by Crippen LogP contribution is 2.36. The molecule has 2 rings (SSSR count). The van der Waals surface area contributed by atoms with Crippen molar-refractivity contribution >= 4 is 5.91 Å². The zero-order chi connectivity index (χ0) is 14.8. The van der Waals surface area contributed by atoms with E-state index in [2.05, 4.69) is 19.1 Å². The summed E-state index contributed by atoms with van der Waals surface area (Å²) in [5.41, 5.74) is 0.401. The minimum absolute atomic E-state index is 0.0725. The quantitative estimate of drug-likeness (QED) is 0.797. The van der Waals surface area contributed by atoms with Crippen LogP contribution in [0.3, 0.4) is 0 Å². The van der Waals surface area contributed by atoms with E-state index in [1.165, 1.54) is 18.4 Å². The molecule has 0 aliphatic heterocycles. The summed E-state index contributed by atoms with van der Waals surface area (Å²) in [5.74, 6) is 0.721. The summed E-state index contributed by atoms with van der Waals surface area (Å²) >= 11 is 0. The summed E-state index contributed by atoms with van der Waals surface area (Å²) in [6.07, 6.45) is 2.46. The van der Waals surface area contributed by atoms with Crippen LogP contribution in [0.15, 0.2) is 30.3 Å². The SMILES string of the molecule is COC(C)(C)C(=O)N(Cc1ccccc1)C(C)C1CC1. The van der Waals surface area contributed by atoms with Crippen molar-refractivity contribution in [3.8, 4) is 0 Å². The number of hydrogen-bond acceptors (Lipinski definition) is 2. The minimum Gasteiger partial charge on any atom is -0.369 e. The molecule has 1 atom stereocenters. The zero-order valence-corrected chi connectivity index (χ0v) is 12.9. The molecule has 1 aromatic rings. The largest absolute Gasteiger partial charge is 0.369 e. The Balaban J connectivity index is 2.18. The normalized spacial score (nSPS) is 16.8. The highest BCUT2D eigenvalue weighted by Gasteiger charge is 2.39. The first-order valence-electron chi connectivity index (χ1n) is 7.36. The van der Waals surface area contributed by atoms with Crippen molar-refractivity contribution in [2.75, 3.05) is 7.11 Å². The second kappa shape index (κ2) is 5.96. The standard InChI is InChI=1S/C17H25NO2/c1-13(15-10-11-15)18(16(19)17(2,3)20-4)12-14-8-6-5-7-9-14/h5-9,13,15H,10-12H2,1-4H3. The first-order valence-corrected chi connectivity index (χ1v) is 7.36. The number of benzene rings is 1. The molecule has 1 aromatic carbocycles. The van der Waals surface area contributed by atoms with Gasteiger partial charge in [0, 0.05) is 19.7 Å². The molecule has 1 unspecified atom stereocenters. The number of amides is 1. The van der Waals surface area contributed by atoms with Gasteiger partial charge in [0.1, 0.15) is 5.60 Å². The molecule has 1 amide bonds.